The minimum Gasteiger partial charge on any atom is -0.484 e. The van der Waals surface area contributed by atoms with E-state index >= 15 is 0 Å². The van der Waals surface area contributed by atoms with E-state index in [0.29, 0.717) is 23.6 Å². The molecule has 1 amide bonds. The minimum absolute atomic E-state index is 0.133. The molecule has 0 aliphatic carbocycles. The number of carbonyl (C=O) groups is 2. The second-order valence-electron chi connectivity index (χ2n) is 8.07. The summed E-state index contributed by atoms with van der Waals surface area (Å²) in [7, 11) is 0. The average molecular weight is 432 g/mol. The van der Waals surface area contributed by atoms with Crippen molar-refractivity contribution >= 4 is 17.6 Å². The fraction of sp³-hybridized carbons (Fsp3) is 0.259. The summed E-state index contributed by atoms with van der Waals surface area (Å²) in [5, 5.41) is 2.75. The molecule has 0 bridgehead atoms. The molecule has 0 heterocycles. The first kappa shape index (κ1) is 23.1. The molecule has 0 saturated carbocycles. The normalized spacial score (nSPS) is 11.0. The van der Waals surface area contributed by atoms with E-state index in [1.165, 1.54) is 5.56 Å². The lowest BCUT2D eigenvalue weighted by Crippen LogP contribution is -2.21. The lowest BCUT2D eigenvalue weighted by Gasteiger charge is -2.26. The maximum absolute atomic E-state index is 12.3. The highest BCUT2D eigenvalue weighted by Crippen LogP contribution is 2.32. The van der Waals surface area contributed by atoms with Crippen LogP contribution in [-0.2, 0) is 14.9 Å². The number of hydrogen-bond donors (Lipinski definition) is 1. The molecule has 5 nitrogen and oxygen atoms in total. The molecule has 5 heteroatoms. The summed E-state index contributed by atoms with van der Waals surface area (Å²) in [6.45, 7) is 6.52. The molecule has 0 aliphatic heterocycles. The summed E-state index contributed by atoms with van der Waals surface area (Å²) >= 11 is 0. The van der Waals surface area contributed by atoms with Crippen molar-refractivity contribution in [2.75, 3.05) is 18.5 Å². The molecule has 3 rings (SSSR count). The predicted octanol–water partition coefficient (Wildman–Crippen LogP) is 5.60. The van der Waals surface area contributed by atoms with Crippen molar-refractivity contribution in [1.82, 2.24) is 0 Å². The minimum atomic E-state index is -0.405. The standard InChI is InChI=1S/C27H29NO4/c1-4-17-31-26(30)20-9-8-12-23(18-20)28-25(29)19-32-24-15-13-22(14-16-24)27(2,3)21-10-6-5-7-11-21/h5-16,18H,4,17,19H2,1-3H3,(H,28,29). The fourth-order valence-corrected chi connectivity index (χ4v) is 3.34. The highest BCUT2D eigenvalue weighted by Gasteiger charge is 2.22. The second-order valence-corrected chi connectivity index (χ2v) is 8.07. The van der Waals surface area contributed by atoms with Crippen LogP contribution in [0.2, 0.25) is 0 Å². The van der Waals surface area contributed by atoms with E-state index in [1.807, 2.05) is 49.4 Å². The van der Waals surface area contributed by atoms with Gasteiger partial charge >= 0.3 is 5.97 Å². The number of ether oxygens (including phenoxy) is 2. The largest absolute Gasteiger partial charge is 0.484 e. The van der Waals surface area contributed by atoms with Gasteiger partial charge in [0, 0.05) is 11.1 Å². The van der Waals surface area contributed by atoms with E-state index < -0.39 is 5.97 Å². The molecule has 0 spiro atoms. The lowest BCUT2D eigenvalue weighted by molar-refractivity contribution is -0.118. The van der Waals surface area contributed by atoms with Gasteiger partial charge in [-0.2, -0.15) is 0 Å². The van der Waals surface area contributed by atoms with Gasteiger partial charge in [0.15, 0.2) is 6.61 Å². The Morgan fingerprint density at radius 2 is 1.56 bits per heavy atom. The molecule has 3 aromatic carbocycles. The van der Waals surface area contributed by atoms with Gasteiger partial charge in [-0.3, -0.25) is 4.79 Å². The van der Waals surface area contributed by atoms with Crippen LogP contribution in [-0.4, -0.2) is 25.1 Å². The number of carbonyl (C=O) groups excluding carboxylic acids is 2. The van der Waals surface area contributed by atoms with Crippen molar-refractivity contribution in [1.29, 1.82) is 0 Å². The Labute approximate surface area is 189 Å². The Morgan fingerprint density at radius 3 is 2.25 bits per heavy atom. The van der Waals surface area contributed by atoms with Gasteiger partial charge in [0.25, 0.3) is 5.91 Å². The van der Waals surface area contributed by atoms with Crippen LogP contribution >= 0.6 is 0 Å². The van der Waals surface area contributed by atoms with Crippen LogP contribution in [0.25, 0.3) is 0 Å². The first-order chi connectivity index (χ1) is 15.4. The zero-order valence-corrected chi connectivity index (χ0v) is 18.8. The van der Waals surface area contributed by atoms with E-state index in [9.17, 15) is 9.59 Å². The van der Waals surface area contributed by atoms with Crippen LogP contribution < -0.4 is 10.1 Å². The van der Waals surface area contributed by atoms with E-state index in [2.05, 4.69) is 31.3 Å². The molecule has 1 N–H and O–H groups in total. The highest BCUT2D eigenvalue weighted by molar-refractivity contribution is 5.95. The maximum atomic E-state index is 12.3. The van der Waals surface area contributed by atoms with Crippen LogP contribution in [0.5, 0.6) is 5.75 Å². The van der Waals surface area contributed by atoms with Crippen LogP contribution in [0.3, 0.4) is 0 Å². The number of hydrogen-bond acceptors (Lipinski definition) is 4. The third kappa shape index (κ3) is 5.97. The van der Waals surface area contributed by atoms with E-state index in [0.717, 1.165) is 12.0 Å². The lowest BCUT2D eigenvalue weighted by atomic mass is 9.78. The van der Waals surface area contributed by atoms with Gasteiger partial charge in [0.2, 0.25) is 0 Å². The molecule has 0 aromatic heterocycles. The van der Waals surface area contributed by atoms with Gasteiger partial charge in [-0.25, -0.2) is 4.79 Å². The van der Waals surface area contributed by atoms with Gasteiger partial charge in [-0.05, 0) is 47.9 Å². The van der Waals surface area contributed by atoms with Crippen molar-refractivity contribution in [2.45, 2.75) is 32.6 Å². The zero-order chi connectivity index (χ0) is 23.0. The van der Waals surface area contributed by atoms with Crippen molar-refractivity contribution in [2.24, 2.45) is 0 Å². The number of rotatable bonds is 9. The van der Waals surface area contributed by atoms with Crippen LogP contribution in [0.15, 0.2) is 78.9 Å². The SMILES string of the molecule is CCCOC(=O)c1cccc(NC(=O)COc2ccc(C(C)(C)c3ccccc3)cc2)c1. The predicted molar refractivity (Wildman–Crippen MR) is 126 cm³/mol. The van der Waals surface area contributed by atoms with Gasteiger partial charge in [0.1, 0.15) is 5.75 Å². The maximum Gasteiger partial charge on any atom is 0.338 e. The zero-order valence-electron chi connectivity index (χ0n) is 18.8. The van der Waals surface area contributed by atoms with E-state index in [1.54, 1.807) is 24.3 Å². The monoisotopic (exact) mass is 431 g/mol. The molecule has 0 atom stereocenters. The molecule has 0 saturated heterocycles. The first-order valence-electron chi connectivity index (χ1n) is 10.8. The Balaban J connectivity index is 1.56. The third-order valence-corrected chi connectivity index (χ3v) is 5.26. The van der Waals surface area contributed by atoms with Crippen molar-refractivity contribution < 1.29 is 19.1 Å². The fourth-order valence-electron chi connectivity index (χ4n) is 3.34. The number of esters is 1. The summed E-state index contributed by atoms with van der Waals surface area (Å²) in [4.78, 5) is 24.3. The van der Waals surface area contributed by atoms with Gasteiger partial charge in [0.05, 0.1) is 12.2 Å². The van der Waals surface area contributed by atoms with Gasteiger partial charge in [-0.1, -0.05) is 69.3 Å². The summed E-state index contributed by atoms with van der Waals surface area (Å²) in [5.74, 6) is -0.0971. The van der Waals surface area contributed by atoms with E-state index in [4.69, 9.17) is 9.47 Å². The molecule has 0 aliphatic rings. The number of nitrogens with one attached hydrogen (secondary N) is 1. The van der Waals surface area contributed by atoms with Crippen LogP contribution in [0, 0.1) is 0 Å². The topological polar surface area (TPSA) is 64.6 Å². The Morgan fingerprint density at radius 1 is 0.875 bits per heavy atom. The smallest absolute Gasteiger partial charge is 0.338 e. The Bertz CT molecular complexity index is 1040. The summed E-state index contributed by atoms with van der Waals surface area (Å²) in [6, 6.07) is 24.8. The Kier molecular flexibility index (Phi) is 7.66. The molecular formula is C27H29NO4. The summed E-state index contributed by atoms with van der Waals surface area (Å²) < 4.78 is 10.8. The quantitative estimate of drug-likeness (QED) is 0.448. The second kappa shape index (κ2) is 10.6. The van der Waals surface area contributed by atoms with Gasteiger partial charge < -0.3 is 14.8 Å². The first-order valence-corrected chi connectivity index (χ1v) is 10.8. The molecular weight excluding hydrogens is 402 g/mol. The average Bonchev–Trinajstić information content (AvgIpc) is 2.82. The molecule has 3 aromatic rings. The number of benzene rings is 3. The molecule has 0 radical (unpaired) electrons. The van der Waals surface area contributed by atoms with Crippen molar-refractivity contribution in [3.05, 3.63) is 95.6 Å². The van der Waals surface area contributed by atoms with Crippen LogP contribution in [0.1, 0.15) is 48.7 Å². The third-order valence-electron chi connectivity index (χ3n) is 5.26. The van der Waals surface area contributed by atoms with Crippen LogP contribution in [0.4, 0.5) is 5.69 Å². The number of amides is 1. The molecule has 0 unspecified atom stereocenters. The molecule has 166 valence electrons. The van der Waals surface area contributed by atoms with E-state index in [-0.39, 0.29) is 17.9 Å². The Hall–Kier alpha value is -3.60. The van der Waals surface area contributed by atoms with Crippen molar-refractivity contribution in [3.8, 4) is 5.75 Å². The molecule has 0 fully saturated rings. The summed E-state index contributed by atoms with van der Waals surface area (Å²) in [6.07, 6.45) is 0.754. The summed E-state index contributed by atoms with van der Waals surface area (Å²) in [5.41, 5.74) is 3.17. The number of anilines is 1. The van der Waals surface area contributed by atoms with Gasteiger partial charge in [-0.15, -0.1) is 0 Å². The highest BCUT2D eigenvalue weighted by atomic mass is 16.5. The van der Waals surface area contributed by atoms with Crippen molar-refractivity contribution in [3.63, 3.8) is 0 Å². The molecule has 32 heavy (non-hydrogen) atoms.